The van der Waals surface area contributed by atoms with Crippen molar-refractivity contribution in [3.05, 3.63) is 125 Å². The van der Waals surface area contributed by atoms with Crippen LogP contribution in [-0.2, 0) is 0 Å². The van der Waals surface area contributed by atoms with Crippen LogP contribution in [0.2, 0.25) is 0 Å². The van der Waals surface area contributed by atoms with Gasteiger partial charge >= 0.3 is 0 Å². The Bertz CT molecular complexity index is 2350. The molecule has 3 aliphatic heterocycles. The maximum Gasteiger partial charge on any atom is 0.207 e. The molecule has 5 heterocycles. The van der Waals surface area contributed by atoms with Gasteiger partial charge in [0.25, 0.3) is 0 Å². The number of para-hydroxylation sites is 1. The van der Waals surface area contributed by atoms with Gasteiger partial charge in [0, 0.05) is 74.5 Å². The van der Waals surface area contributed by atoms with E-state index < -0.39 is 0 Å². The molecule has 0 spiro atoms. The monoisotopic (exact) mass is 691 g/mol. The van der Waals surface area contributed by atoms with E-state index in [0.717, 1.165) is 31.8 Å². The highest BCUT2D eigenvalue weighted by Crippen LogP contribution is 2.42. The van der Waals surface area contributed by atoms with Gasteiger partial charge < -0.3 is 9.88 Å². The summed E-state index contributed by atoms with van der Waals surface area (Å²) in [7, 11) is 4.51. The van der Waals surface area contributed by atoms with Gasteiger partial charge in [0.05, 0.1) is 18.1 Å². The first kappa shape index (κ1) is 32.4. The Morgan fingerprint density at radius 1 is 0.980 bits per heavy atom. The lowest BCUT2D eigenvalue weighted by atomic mass is 9.72. The number of hydrogen-bond acceptors (Lipinski definition) is 5. The van der Waals surface area contributed by atoms with Crippen LogP contribution < -0.4 is 10.2 Å². The Morgan fingerprint density at radius 3 is 2.61 bits per heavy atom. The highest BCUT2D eigenvalue weighted by molar-refractivity contribution is 7.18. The van der Waals surface area contributed by atoms with E-state index in [1.54, 1.807) is 5.57 Å². The number of aromatic nitrogens is 1. The Hall–Kier alpha value is -4.56. The number of rotatable bonds is 5. The van der Waals surface area contributed by atoms with E-state index in [1.807, 2.05) is 17.6 Å². The number of benzene rings is 3. The molecule has 1 aliphatic carbocycles. The lowest BCUT2D eigenvalue weighted by molar-refractivity contribution is -0.936. The van der Waals surface area contributed by atoms with Crippen LogP contribution in [-0.4, -0.2) is 60.9 Å². The van der Waals surface area contributed by atoms with E-state index in [0.29, 0.717) is 12.0 Å². The molecule has 2 N–H and O–H groups in total. The zero-order valence-electron chi connectivity index (χ0n) is 30.2. The summed E-state index contributed by atoms with van der Waals surface area (Å²) >= 11 is 1.83. The summed E-state index contributed by atoms with van der Waals surface area (Å²) in [6.07, 6.45) is 15.9. The van der Waals surface area contributed by atoms with Crippen LogP contribution >= 0.6 is 11.3 Å². The topological polar surface area (TPSA) is 49.4 Å². The van der Waals surface area contributed by atoms with Crippen LogP contribution in [0.15, 0.2) is 129 Å². The molecule has 0 radical (unpaired) electrons. The third-order valence-corrected chi connectivity index (χ3v) is 13.0. The first-order chi connectivity index (χ1) is 24.8. The zero-order chi connectivity index (χ0) is 34.9. The molecule has 0 saturated carbocycles. The van der Waals surface area contributed by atoms with E-state index >= 15 is 0 Å². The number of likely N-dealkylation sites (N-methyl/N-ethyl adjacent to an activating group) is 2. The number of thiophene rings is 1. The van der Waals surface area contributed by atoms with Crippen molar-refractivity contribution in [2.75, 3.05) is 27.2 Å². The summed E-state index contributed by atoms with van der Waals surface area (Å²) in [5.74, 6) is 1.34. The summed E-state index contributed by atoms with van der Waals surface area (Å²) in [4.78, 5) is 13.8. The second-order valence-corrected chi connectivity index (χ2v) is 16.3. The van der Waals surface area contributed by atoms with Gasteiger partial charge in [-0.05, 0) is 86.1 Å². The fraction of sp³-hybridized carbons (Fsp3) is 0.318. The molecule has 7 heteroatoms. The molecule has 0 saturated heterocycles. The highest BCUT2D eigenvalue weighted by Gasteiger charge is 2.39. The number of allylic oxidation sites excluding steroid dienone is 3. The minimum Gasteiger partial charge on any atom is -0.317 e. The maximum absolute atomic E-state index is 5.46. The Balaban J connectivity index is 1.07. The van der Waals surface area contributed by atoms with Crippen molar-refractivity contribution < 1.29 is 4.90 Å². The molecule has 0 fully saturated rings. The Labute approximate surface area is 304 Å². The number of fused-ring (bicyclic) bond motifs is 5. The van der Waals surface area contributed by atoms with Crippen molar-refractivity contribution >= 4 is 55.3 Å². The first-order valence-corrected chi connectivity index (χ1v) is 19.3. The van der Waals surface area contributed by atoms with Crippen LogP contribution in [0.1, 0.15) is 45.3 Å². The summed E-state index contributed by atoms with van der Waals surface area (Å²) in [5.41, 5.74) is 9.06. The van der Waals surface area contributed by atoms with E-state index in [2.05, 4.69) is 157 Å². The fourth-order valence-electron chi connectivity index (χ4n) is 8.68. The van der Waals surface area contributed by atoms with Crippen LogP contribution in [0.25, 0.3) is 37.6 Å². The van der Waals surface area contributed by atoms with Crippen molar-refractivity contribution in [2.24, 2.45) is 21.3 Å². The molecule has 6 atom stereocenters. The number of quaternary nitrogens is 1. The van der Waals surface area contributed by atoms with Gasteiger partial charge in [-0.1, -0.05) is 68.0 Å². The molecule has 0 bridgehead atoms. The van der Waals surface area contributed by atoms with Crippen molar-refractivity contribution in [2.45, 2.75) is 52.0 Å². The number of aliphatic imine (C=N–C) groups is 2. The standard InChI is InChI=1S/C44H46N6S/c1-28-27-45-23-18-35(28)43-47-41(31-16-21-44(3,22-17-31)33-19-24-48(4)29(2)26-33)46-42(49(43)5)32-10-13-34(14-11-32)50-37-9-7-6-8-36(37)39-38(50)15-12-30-20-25-51-40(30)39/h6-21,23,25,28-29,42-43H,22,24,26-27H2,1-5H3,(H,46,47)/p+1. The quantitative estimate of drug-likeness (QED) is 0.184. The number of dihydropyridines is 1. The smallest absolute Gasteiger partial charge is 0.207 e. The average molecular weight is 692 g/mol. The van der Waals surface area contributed by atoms with Gasteiger partial charge in [-0.15, -0.1) is 11.3 Å². The summed E-state index contributed by atoms with van der Waals surface area (Å²) in [6.45, 7) is 8.86. The molecule has 3 aromatic carbocycles. The lowest BCUT2D eigenvalue weighted by Gasteiger charge is -2.40. The summed E-state index contributed by atoms with van der Waals surface area (Å²) in [6, 6.07) is 25.4. The number of nitrogens with zero attached hydrogens (tertiary/aromatic N) is 4. The first-order valence-electron chi connectivity index (χ1n) is 18.5. The summed E-state index contributed by atoms with van der Waals surface area (Å²) < 4.78 is 3.78. The molecule has 6 unspecified atom stereocenters. The Morgan fingerprint density at radius 2 is 1.82 bits per heavy atom. The van der Waals surface area contributed by atoms with Gasteiger partial charge in [-0.2, -0.15) is 0 Å². The number of nitrogens with one attached hydrogen (secondary N) is 2. The second kappa shape index (κ2) is 12.6. The van der Waals surface area contributed by atoms with Crippen LogP contribution in [0.5, 0.6) is 0 Å². The molecule has 5 aromatic rings. The normalized spacial score (nSPS) is 28.5. The average Bonchev–Trinajstić information content (AvgIpc) is 3.76. The van der Waals surface area contributed by atoms with E-state index in [-0.39, 0.29) is 17.7 Å². The van der Waals surface area contributed by atoms with E-state index in [9.17, 15) is 0 Å². The van der Waals surface area contributed by atoms with Gasteiger partial charge in [-0.3, -0.25) is 14.8 Å². The molecule has 9 rings (SSSR count). The zero-order valence-corrected chi connectivity index (χ0v) is 31.0. The van der Waals surface area contributed by atoms with Crippen LogP contribution in [0, 0.1) is 11.3 Å². The fourth-order valence-corrected chi connectivity index (χ4v) is 9.64. The molecule has 6 nitrogen and oxygen atoms in total. The summed E-state index contributed by atoms with van der Waals surface area (Å²) in [5, 5.41) is 10.1. The van der Waals surface area contributed by atoms with Crippen molar-refractivity contribution in [3.63, 3.8) is 0 Å². The van der Waals surface area contributed by atoms with Gasteiger partial charge in [0.1, 0.15) is 5.84 Å². The largest absolute Gasteiger partial charge is 0.317 e. The van der Waals surface area contributed by atoms with Crippen LogP contribution in [0.3, 0.4) is 0 Å². The number of amidine groups is 1. The predicted molar refractivity (Wildman–Crippen MR) is 215 cm³/mol. The second-order valence-electron chi connectivity index (χ2n) is 15.4. The van der Waals surface area contributed by atoms with Gasteiger partial charge in [0.15, 0.2) is 6.17 Å². The third kappa shape index (κ3) is 5.45. The predicted octanol–water partition coefficient (Wildman–Crippen LogP) is 8.03. The highest BCUT2D eigenvalue weighted by atomic mass is 32.1. The van der Waals surface area contributed by atoms with E-state index in [1.165, 1.54) is 59.2 Å². The van der Waals surface area contributed by atoms with Crippen molar-refractivity contribution in [3.8, 4) is 5.69 Å². The van der Waals surface area contributed by atoms with Crippen molar-refractivity contribution in [1.29, 1.82) is 0 Å². The minimum absolute atomic E-state index is 0.00160. The SMILES string of the molecule is CC1CN=CC=C1C1N=C(C2=CCC(C)(C3=CCN(C)C(C)C3)C=C2)NC(c2ccc(-n3c4ccccc4c4c5sccc5ccc43)cc2)[NH+]1C. The molecule has 258 valence electrons. The van der Waals surface area contributed by atoms with Gasteiger partial charge in [0.2, 0.25) is 6.17 Å². The Kier molecular flexibility index (Phi) is 7.98. The van der Waals surface area contributed by atoms with Crippen LogP contribution in [0.4, 0.5) is 0 Å². The lowest BCUT2D eigenvalue weighted by Crippen LogP contribution is -3.16. The molecule has 2 aromatic heterocycles. The minimum atomic E-state index is -0.00160. The molecule has 0 amide bonds. The molecule has 4 aliphatic rings. The molecule has 51 heavy (non-hydrogen) atoms. The van der Waals surface area contributed by atoms with Gasteiger partial charge in [-0.25, -0.2) is 4.99 Å². The third-order valence-electron chi connectivity index (χ3n) is 12.1. The number of hydrogen-bond donors (Lipinski definition) is 2. The maximum atomic E-state index is 5.46. The molecular weight excluding hydrogens is 645 g/mol. The molecular formula is C44H47N6S+. The van der Waals surface area contributed by atoms with Crippen molar-refractivity contribution in [1.82, 2.24) is 14.8 Å². The van der Waals surface area contributed by atoms with E-state index in [4.69, 9.17) is 4.99 Å².